The first kappa shape index (κ1) is 17.9. The van der Waals surface area contributed by atoms with Crippen LogP contribution in [0.2, 0.25) is 0 Å². The van der Waals surface area contributed by atoms with Crippen molar-refractivity contribution in [3.8, 4) is 0 Å². The quantitative estimate of drug-likeness (QED) is 0.684. The number of aromatic nitrogens is 1. The summed E-state index contributed by atoms with van der Waals surface area (Å²) in [5.41, 5.74) is 5.29. The maximum Gasteiger partial charge on any atom is 0.125 e. The zero-order chi connectivity index (χ0) is 18.9. The molecule has 1 aromatic heterocycles. The van der Waals surface area contributed by atoms with Gasteiger partial charge in [0.15, 0.2) is 0 Å². The van der Waals surface area contributed by atoms with E-state index in [-0.39, 0.29) is 5.82 Å². The summed E-state index contributed by atoms with van der Waals surface area (Å²) < 4.78 is 13.4. The van der Waals surface area contributed by atoms with Crippen molar-refractivity contribution in [2.75, 3.05) is 26.2 Å². The summed E-state index contributed by atoms with van der Waals surface area (Å²) in [7, 11) is 0. The molecule has 3 aromatic rings. The van der Waals surface area contributed by atoms with E-state index >= 15 is 0 Å². The van der Waals surface area contributed by atoms with Crippen molar-refractivity contribution in [3.05, 3.63) is 71.2 Å². The lowest BCUT2D eigenvalue weighted by atomic mass is 9.89. The Labute approximate surface area is 166 Å². The van der Waals surface area contributed by atoms with E-state index in [2.05, 4.69) is 45.2 Å². The summed E-state index contributed by atoms with van der Waals surface area (Å²) >= 11 is 0. The summed E-state index contributed by atoms with van der Waals surface area (Å²) in [6.45, 7) is 6.93. The van der Waals surface area contributed by atoms with Gasteiger partial charge in [-0.25, -0.2) is 4.39 Å². The van der Waals surface area contributed by atoms with Gasteiger partial charge in [0.25, 0.3) is 0 Å². The first-order valence-corrected chi connectivity index (χ1v) is 10.5. The molecule has 28 heavy (non-hydrogen) atoms. The van der Waals surface area contributed by atoms with Crippen molar-refractivity contribution in [1.29, 1.82) is 0 Å². The van der Waals surface area contributed by atoms with E-state index in [1.807, 2.05) is 6.07 Å². The molecule has 2 aliphatic rings. The molecule has 0 amide bonds. The molecule has 0 bridgehead atoms. The van der Waals surface area contributed by atoms with Crippen LogP contribution in [0, 0.1) is 5.82 Å². The minimum absolute atomic E-state index is 0.170. The largest absolute Gasteiger partial charge is 0.361 e. The number of hydrogen-bond acceptors (Lipinski definition) is 2. The maximum absolute atomic E-state index is 13.4. The van der Waals surface area contributed by atoms with Gasteiger partial charge in [0.1, 0.15) is 5.82 Å². The molecule has 4 heteroatoms. The molecule has 0 saturated carbocycles. The number of rotatable bonds is 5. The first-order chi connectivity index (χ1) is 13.8. The topological polar surface area (TPSA) is 22.3 Å². The fourth-order valence-electron chi connectivity index (χ4n) is 5.01. The molecule has 3 nitrogen and oxygen atoms in total. The number of benzene rings is 2. The van der Waals surface area contributed by atoms with Crippen LogP contribution in [0.25, 0.3) is 10.9 Å². The summed E-state index contributed by atoms with van der Waals surface area (Å²) in [4.78, 5) is 8.44. The van der Waals surface area contributed by atoms with Gasteiger partial charge >= 0.3 is 0 Å². The highest BCUT2D eigenvalue weighted by atomic mass is 19.1. The van der Waals surface area contributed by atoms with Crippen LogP contribution in [-0.4, -0.2) is 41.0 Å². The second-order valence-corrected chi connectivity index (χ2v) is 8.38. The highest BCUT2D eigenvalue weighted by molar-refractivity contribution is 5.83. The molecular formula is C24H28FN3. The van der Waals surface area contributed by atoms with Crippen LogP contribution in [0.3, 0.4) is 0 Å². The number of halogens is 1. The van der Waals surface area contributed by atoms with Crippen molar-refractivity contribution in [2.45, 2.75) is 38.3 Å². The van der Waals surface area contributed by atoms with Crippen molar-refractivity contribution in [1.82, 2.24) is 14.8 Å². The van der Waals surface area contributed by atoms with Crippen molar-refractivity contribution >= 4 is 10.9 Å². The lowest BCUT2D eigenvalue weighted by Crippen LogP contribution is -2.35. The smallest absolute Gasteiger partial charge is 0.125 e. The van der Waals surface area contributed by atoms with Crippen LogP contribution in [0.1, 0.15) is 41.9 Å². The van der Waals surface area contributed by atoms with Crippen LogP contribution in [0.4, 0.5) is 4.39 Å². The van der Waals surface area contributed by atoms with Gasteiger partial charge in [0, 0.05) is 36.7 Å². The fourth-order valence-corrected chi connectivity index (χ4v) is 5.01. The first-order valence-electron chi connectivity index (χ1n) is 10.5. The molecule has 5 rings (SSSR count). The van der Waals surface area contributed by atoms with E-state index in [1.54, 1.807) is 12.1 Å². The van der Waals surface area contributed by atoms with Crippen molar-refractivity contribution < 1.29 is 4.39 Å². The molecule has 1 saturated heterocycles. The van der Waals surface area contributed by atoms with Gasteiger partial charge < -0.3 is 9.88 Å². The monoisotopic (exact) mass is 377 g/mol. The SMILES string of the molecule is Fc1ccc2c(C3CCN(CCCN4Cc5ccccc5C4)CC3)c[nH]c2c1. The lowest BCUT2D eigenvalue weighted by Gasteiger charge is -2.32. The summed E-state index contributed by atoms with van der Waals surface area (Å²) in [6.07, 6.45) is 5.72. The van der Waals surface area contributed by atoms with Gasteiger partial charge in [0.2, 0.25) is 0 Å². The number of nitrogens with one attached hydrogen (secondary N) is 1. The normalized spacial score (nSPS) is 18.8. The molecule has 0 unspecified atom stereocenters. The predicted molar refractivity (Wildman–Crippen MR) is 112 cm³/mol. The van der Waals surface area contributed by atoms with Crippen LogP contribution >= 0.6 is 0 Å². The van der Waals surface area contributed by atoms with E-state index < -0.39 is 0 Å². The number of likely N-dealkylation sites (tertiary alicyclic amines) is 1. The van der Waals surface area contributed by atoms with Crippen molar-refractivity contribution in [2.24, 2.45) is 0 Å². The number of nitrogens with zero attached hydrogens (tertiary/aromatic N) is 2. The Morgan fingerprint density at radius 2 is 1.64 bits per heavy atom. The number of hydrogen-bond donors (Lipinski definition) is 1. The molecule has 1 N–H and O–H groups in total. The average Bonchev–Trinajstić information content (AvgIpc) is 3.31. The standard InChI is InChI=1S/C24H28FN3/c25-21-6-7-22-23(15-26-24(22)14-21)18-8-12-27(13-9-18)10-3-11-28-16-19-4-1-2-5-20(19)17-28/h1-2,4-7,14-15,18,26H,3,8-13,16-17H2. The van der Waals surface area contributed by atoms with Crippen LogP contribution in [-0.2, 0) is 13.1 Å². The number of piperidine rings is 1. The van der Waals surface area contributed by atoms with Crippen molar-refractivity contribution in [3.63, 3.8) is 0 Å². The number of H-pyrrole nitrogens is 1. The molecule has 0 radical (unpaired) electrons. The molecule has 2 aliphatic heterocycles. The Hall–Kier alpha value is -2.17. The van der Waals surface area contributed by atoms with Gasteiger partial charge in [-0.3, -0.25) is 4.90 Å². The molecule has 2 aromatic carbocycles. The second kappa shape index (κ2) is 7.69. The van der Waals surface area contributed by atoms with Crippen LogP contribution in [0.5, 0.6) is 0 Å². The van der Waals surface area contributed by atoms with E-state index in [0.717, 1.165) is 18.6 Å². The minimum Gasteiger partial charge on any atom is -0.361 e. The Bertz CT molecular complexity index is 930. The Balaban J connectivity index is 1.10. The highest BCUT2D eigenvalue weighted by Crippen LogP contribution is 2.33. The fraction of sp³-hybridized carbons (Fsp3) is 0.417. The summed E-state index contributed by atoms with van der Waals surface area (Å²) in [5.74, 6) is 0.417. The maximum atomic E-state index is 13.4. The van der Waals surface area contributed by atoms with Gasteiger partial charge in [-0.2, -0.15) is 0 Å². The van der Waals surface area contributed by atoms with E-state index in [1.165, 1.54) is 67.5 Å². The lowest BCUT2D eigenvalue weighted by molar-refractivity contribution is 0.192. The molecule has 0 aliphatic carbocycles. The number of fused-ring (bicyclic) bond motifs is 2. The molecule has 0 atom stereocenters. The zero-order valence-electron chi connectivity index (χ0n) is 16.3. The summed E-state index contributed by atoms with van der Waals surface area (Å²) in [6, 6.07) is 13.9. The predicted octanol–water partition coefficient (Wildman–Crippen LogP) is 4.89. The molecular weight excluding hydrogens is 349 g/mol. The van der Waals surface area contributed by atoms with Gasteiger partial charge in [-0.15, -0.1) is 0 Å². The highest BCUT2D eigenvalue weighted by Gasteiger charge is 2.23. The Morgan fingerprint density at radius 3 is 2.39 bits per heavy atom. The third-order valence-corrected chi connectivity index (χ3v) is 6.56. The second-order valence-electron chi connectivity index (χ2n) is 8.38. The minimum atomic E-state index is -0.170. The average molecular weight is 378 g/mol. The van der Waals surface area contributed by atoms with Gasteiger partial charge in [-0.1, -0.05) is 24.3 Å². The Morgan fingerprint density at radius 1 is 0.929 bits per heavy atom. The molecule has 0 spiro atoms. The Kier molecular flexibility index (Phi) is 4.91. The van der Waals surface area contributed by atoms with E-state index in [4.69, 9.17) is 0 Å². The third kappa shape index (κ3) is 3.59. The third-order valence-electron chi connectivity index (χ3n) is 6.56. The molecule has 146 valence electrons. The summed E-state index contributed by atoms with van der Waals surface area (Å²) in [5, 5.41) is 1.19. The molecule has 3 heterocycles. The van der Waals surface area contributed by atoms with Crippen LogP contribution in [0.15, 0.2) is 48.7 Å². The number of aromatic amines is 1. The van der Waals surface area contributed by atoms with Gasteiger partial charge in [-0.05, 0) is 79.7 Å². The van der Waals surface area contributed by atoms with Gasteiger partial charge in [0.05, 0.1) is 0 Å². The van der Waals surface area contributed by atoms with E-state index in [0.29, 0.717) is 5.92 Å². The van der Waals surface area contributed by atoms with E-state index in [9.17, 15) is 4.39 Å². The zero-order valence-corrected chi connectivity index (χ0v) is 16.3. The molecule has 1 fully saturated rings. The van der Waals surface area contributed by atoms with Crippen LogP contribution < -0.4 is 0 Å².